The van der Waals surface area contributed by atoms with Crippen LogP contribution in [0.5, 0.6) is 5.75 Å². The molecule has 0 bridgehead atoms. The Morgan fingerprint density at radius 2 is 2.13 bits per heavy atom. The number of benzene rings is 1. The van der Waals surface area contributed by atoms with Crippen LogP contribution in [-0.4, -0.2) is 16.2 Å². The Balaban J connectivity index is 3.34. The first kappa shape index (κ1) is 11.5. The summed E-state index contributed by atoms with van der Waals surface area (Å²) in [4.78, 5) is 10.8. The molecular weight excluding hydrogens is 194 g/mol. The van der Waals surface area contributed by atoms with E-state index in [2.05, 4.69) is 0 Å². The highest BCUT2D eigenvalue weighted by Crippen LogP contribution is 2.29. The van der Waals surface area contributed by atoms with E-state index in [1.807, 2.05) is 6.92 Å². The first-order valence-electron chi connectivity index (χ1n) is 4.79. The van der Waals surface area contributed by atoms with Crippen molar-refractivity contribution in [3.63, 3.8) is 0 Å². The van der Waals surface area contributed by atoms with Crippen molar-refractivity contribution in [2.45, 2.75) is 26.3 Å². The van der Waals surface area contributed by atoms with Gasteiger partial charge in [-0.3, -0.25) is 0 Å². The van der Waals surface area contributed by atoms with Crippen LogP contribution in [-0.2, 0) is 0 Å². The third-order valence-corrected chi connectivity index (χ3v) is 2.35. The lowest BCUT2D eigenvalue weighted by molar-refractivity contribution is 0.0693. The maximum absolute atomic E-state index is 10.8. The average Bonchev–Trinajstić information content (AvgIpc) is 2.19. The molecule has 0 aliphatic heterocycles. The largest absolute Gasteiger partial charge is 0.507 e. The third-order valence-electron chi connectivity index (χ3n) is 2.35. The quantitative estimate of drug-likeness (QED) is 0.708. The van der Waals surface area contributed by atoms with Gasteiger partial charge in [0.2, 0.25) is 0 Å². The van der Waals surface area contributed by atoms with Gasteiger partial charge in [-0.1, -0.05) is 13.0 Å². The summed E-state index contributed by atoms with van der Waals surface area (Å²) in [5.74, 6) is -1.36. The topological polar surface area (TPSA) is 83.6 Å². The van der Waals surface area contributed by atoms with Crippen LogP contribution in [0.25, 0.3) is 0 Å². The fraction of sp³-hybridized carbons (Fsp3) is 0.364. The fourth-order valence-electron chi connectivity index (χ4n) is 1.47. The van der Waals surface area contributed by atoms with Gasteiger partial charge in [-0.2, -0.15) is 0 Å². The normalized spacial score (nSPS) is 12.5. The molecule has 1 rings (SSSR count). The smallest absolute Gasteiger partial charge is 0.339 e. The molecule has 4 N–H and O–H groups in total. The molecule has 82 valence electrons. The van der Waals surface area contributed by atoms with E-state index in [1.165, 1.54) is 6.07 Å². The second kappa shape index (κ2) is 4.31. The van der Waals surface area contributed by atoms with E-state index in [4.69, 9.17) is 10.8 Å². The number of hydrogen-bond donors (Lipinski definition) is 3. The van der Waals surface area contributed by atoms with Crippen LogP contribution < -0.4 is 5.73 Å². The number of carbonyl (C=O) groups is 1. The average molecular weight is 209 g/mol. The lowest BCUT2D eigenvalue weighted by Gasteiger charge is -2.14. The van der Waals surface area contributed by atoms with E-state index < -0.39 is 5.97 Å². The number of rotatable bonds is 3. The Morgan fingerprint density at radius 3 is 2.60 bits per heavy atom. The molecule has 0 radical (unpaired) electrons. The predicted molar refractivity (Wildman–Crippen MR) is 57.0 cm³/mol. The second-order valence-electron chi connectivity index (χ2n) is 3.57. The van der Waals surface area contributed by atoms with E-state index in [1.54, 1.807) is 13.0 Å². The second-order valence-corrected chi connectivity index (χ2v) is 3.57. The SMILES string of the molecule is CC[C@H](N)c1cc(C)cc(C(=O)O)c1O. The van der Waals surface area contributed by atoms with Crippen LogP contribution >= 0.6 is 0 Å². The molecule has 0 saturated carbocycles. The van der Waals surface area contributed by atoms with Gasteiger partial charge < -0.3 is 15.9 Å². The van der Waals surface area contributed by atoms with Crippen molar-refractivity contribution in [2.24, 2.45) is 5.73 Å². The number of nitrogens with two attached hydrogens (primary N) is 1. The van der Waals surface area contributed by atoms with Crippen molar-refractivity contribution >= 4 is 5.97 Å². The summed E-state index contributed by atoms with van der Waals surface area (Å²) in [6.45, 7) is 3.66. The fourth-order valence-corrected chi connectivity index (χ4v) is 1.47. The molecule has 1 aromatic carbocycles. The maximum atomic E-state index is 10.8. The maximum Gasteiger partial charge on any atom is 0.339 e. The molecule has 0 spiro atoms. The van der Waals surface area contributed by atoms with E-state index >= 15 is 0 Å². The van der Waals surface area contributed by atoms with Gasteiger partial charge in [-0.05, 0) is 25.0 Å². The molecule has 0 fully saturated rings. The molecule has 0 amide bonds. The lowest BCUT2D eigenvalue weighted by atomic mass is 9.98. The highest BCUT2D eigenvalue weighted by atomic mass is 16.4. The number of aryl methyl sites for hydroxylation is 1. The van der Waals surface area contributed by atoms with Gasteiger partial charge in [0.05, 0.1) is 0 Å². The minimum Gasteiger partial charge on any atom is -0.507 e. The predicted octanol–water partition coefficient (Wildman–Crippen LogP) is 1.81. The highest BCUT2D eigenvalue weighted by molar-refractivity contribution is 5.91. The van der Waals surface area contributed by atoms with Crippen LogP contribution in [0.2, 0.25) is 0 Å². The van der Waals surface area contributed by atoms with Crippen molar-refractivity contribution in [1.82, 2.24) is 0 Å². The monoisotopic (exact) mass is 209 g/mol. The summed E-state index contributed by atoms with van der Waals surface area (Å²) in [5.41, 5.74) is 6.97. The molecule has 15 heavy (non-hydrogen) atoms. The van der Waals surface area contributed by atoms with Gasteiger partial charge >= 0.3 is 5.97 Å². The highest BCUT2D eigenvalue weighted by Gasteiger charge is 2.17. The number of aromatic hydroxyl groups is 1. The Bertz CT molecular complexity index is 388. The number of phenols is 1. The lowest BCUT2D eigenvalue weighted by Crippen LogP contribution is -2.11. The van der Waals surface area contributed by atoms with E-state index in [-0.39, 0.29) is 17.4 Å². The Kier molecular flexibility index (Phi) is 3.31. The zero-order chi connectivity index (χ0) is 11.6. The summed E-state index contributed by atoms with van der Waals surface area (Å²) in [6, 6.07) is 2.82. The third kappa shape index (κ3) is 2.27. The number of aromatic carboxylic acids is 1. The number of carboxylic acid groups (broad SMARTS) is 1. The molecule has 0 aliphatic carbocycles. The molecule has 1 aromatic rings. The van der Waals surface area contributed by atoms with E-state index in [0.29, 0.717) is 12.0 Å². The molecule has 4 nitrogen and oxygen atoms in total. The van der Waals surface area contributed by atoms with Gasteiger partial charge in [-0.25, -0.2) is 4.79 Å². The van der Waals surface area contributed by atoms with Crippen LogP contribution in [0.4, 0.5) is 0 Å². The van der Waals surface area contributed by atoms with Crippen LogP contribution in [0.15, 0.2) is 12.1 Å². The Hall–Kier alpha value is -1.55. The minimum absolute atomic E-state index is 0.0890. The first-order chi connectivity index (χ1) is 6.97. The van der Waals surface area contributed by atoms with Gasteiger partial charge in [-0.15, -0.1) is 0 Å². The number of carboxylic acids is 1. The summed E-state index contributed by atoms with van der Waals surface area (Å²) in [6.07, 6.45) is 0.649. The van der Waals surface area contributed by atoms with E-state index in [9.17, 15) is 9.90 Å². The molecule has 0 heterocycles. The van der Waals surface area contributed by atoms with Gasteiger partial charge in [0.25, 0.3) is 0 Å². The van der Waals surface area contributed by atoms with Gasteiger partial charge in [0.1, 0.15) is 11.3 Å². The van der Waals surface area contributed by atoms with Crippen molar-refractivity contribution in [3.05, 3.63) is 28.8 Å². The zero-order valence-electron chi connectivity index (χ0n) is 8.82. The molecule has 0 aromatic heterocycles. The number of hydrogen-bond acceptors (Lipinski definition) is 3. The summed E-state index contributed by atoms with van der Waals surface area (Å²) in [5, 5.41) is 18.6. The van der Waals surface area contributed by atoms with Crippen molar-refractivity contribution < 1.29 is 15.0 Å². The zero-order valence-corrected chi connectivity index (χ0v) is 8.82. The summed E-state index contributed by atoms with van der Waals surface area (Å²) in [7, 11) is 0. The van der Waals surface area contributed by atoms with E-state index in [0.717, 1.165) is 5.56 Å². The standard InChI is InChI=1S/C11H15NO3/c1-3-9(12)7-4-6(2)5-8(10(7)13)11(14)15/h4-5,9,13H,3,12H2,1-2H3,(H,14,15)/t9-/m0/s1. The summed E-state index contributed by atoms with van der Waals surface area (Å²) < 4.78 is 0. The summed E-state index contributed by atoms with van der Waals surface area (Å²) >= 11 is 0. The minimum atomic E-state index is -1.14. The Labute approximate surface area is 88.3 Å². The molecular formula is C11H15NO3. The van der Waals surface area contributed by atoms with Crippen LogP contribution in [0.3, 0.4) is 0 Å². The van der Waals surface area contributed by atoms with Gasteiger partial charge in [0.15, 0.2) is 0 Å². The van der Waals surface area contributed by atoms with Crippen LogP contribution in [0, 0.1) is 6.92 Å². The molecule has 1 atom stereocenters. The molecule has 0 saturated heterocycles. The van der Waals surface area contributed by atoms with Gasteiger partial charge in [0, 0.05) is 11.6 Å². The molecule has 0 aliphatic rings. The molecule has 4 heteroatoms. The first-order valence-corrected chi connectivity index (χ1v) is 4.79. The van der Waals surface area contributed by atoms with Crippen LogP contribution in [0.1, 0.15) is 40.9 Å². The van der Waals surface area contributed by atoms with Crippen molar-refractivity contribution in [3.8, 4) is 5.75 Å². The van der Waals surface area contributed by atoms with Crippen molar-refractivity contribution in [1.29, 1.82) is 0 Å². The molecule has 0 unspecified atom stereocenters. The Morgan fingerprint density at radius 1 is 1.53 bits per heavy atom. The van der Waals surface area contributed by atoms with Crippen molar-refractivity contribution in [2.75, 3.05) is 0 Å².